The average Bonchev–Trinajstić information content (AvgIpc) is 4.15. The number of imidazole rings is 2. The second-order valence-corrected chi connectivity index (χ2v) is 17.8. The van der Waals surface area contributed by atoms with Crippen LogP contribution in [0.15, 0.2) is 66.0 Å². The third-order valence-electron chi connectivity index (χ3n) is 10.1. The third-order valence-corrected chi connectivity index (χ3v) is 13.9. The number of H-pyrrole nitrogens is 1. The van der Waals surface area contributed by atoms with Crippen LogP contribution in [0.25, 0.3) is 22.3 Å². The minimum Gasteiger partial charge on any atom is -0.454 e. The molecule has 14 nitrogen and oxygen atoms in total. The van der Waals surface area contributed by atoms with Crippen molar-refractivity contribution in [1.29, 1.82) is 5.41 Å². The van der Waals surface area contributed by atoms with Crippen LogP contribution >= 0.6 is 55.4 Å². The SMILES string of the molecule is N=c1ncn(CCc2c(F)c(F)c(F)c(F)c2F)c2nc(Sc3cc4c(cc3Br)OCO4)[nH]c12.Nc1ncnc2c1nc(Sc1cc3c(cc1Br)OCO3)n2CCc1c(F)c(F)c(F)c(F)c1F. The molecule has 4 aromatic carbocycles. The summed E-state index contributed by atoms with van der Waals surface area (Å²) in [4.78, 5) is 25.1. The smallest absolute Gasteiger partial charge is 0.231 e. The number of fused-ring (bicyclic) bond motifs is 4. The van der Waals surface area contributed by atoms with Gasteiger partial charge in [-0.15, -0.1) is 0 Å². The van der Waals surface area contributed by atoms with E-state index in [1.165, 1.54) is 33.6 Å². The molecule has 352 valence electrons. The predicted molar refractivity (Wildman–Crippen MR) is 226 cm³/mol. The second-order valence-electron chi connectivity index (χ2n) is 14.1. The fourth-order valence-corrected chi connectivity index (χ4v) is 9.63. The first-order valence-electron chi connectivity index (χ1n) is 19.0. The summed E-state index contributed by atoms with van der Waals surface area (Å²) >= 11 is 9.25. The first-order chi connectivity index (χ1) is 32.5. The lowest BCUT2D eigenvalue weighted by molar-refractivity contribution is 0.173. The number of rotatable bonds is 10. The summed E-state index contributed by atoms with van der Waals surface area (Å²) in [7, 11) is 0. The highest BCUT2D eigenvalue weighted by atomic mass is 79.9. The molecule has 0 aliphatic carbocycles. The number of benzene rings is 4. The summed E-state index contributed by atoms with van der Waals surface area (Å²) < 4.78 is 163. The average molecular weight is 1120 g/mol. The number of nitrogen functional groups attached to an aromatic ring is 1. The Bertz CT molecular complexity index is 3380. The minimum atomic E-state index is -2.21. The molecule has 2 aliphatic heterocycles. The van der Waals surface area contributed by atoms with Gasteiger partial charge in [-0.1, -0.05) is 23.5 Å². The zero-order chi connectivity index (χ0) is 48.3. The number of hydrogen-bond donors (Lipinski definition) is 3. The Labute approximate surface area is 398 Å². The zero-order valence-corrected chi connectivity index (χ0v) is 38.2. The van der Waals surface area contributed by atoms with E-state index in [4.69, 9.17) is 30.1 Å². The van der Waals surface area contributed by atoms with Gasteiger partial charge in [-0.25, -0.2) is 68.8 Å². The van der Waals surface area contributed by atoms with Gasteiger partial charge in [0.1, 0.15) is 11.8 Å². The molecule has 0 radical (unpaired) electrons. The van der Waals surface area contributed by atoms with Gasteiger partial charge in [-0.2, -0.15) is 0 Å². The van der Waals surface area contributed by atoms with E-state index in [2.05, 4.69) is 61.8 Å². The quantitative estimate of drug-likeness (QED) is 0.0672. The normalized spacial score (nSPS) is 12.6. The minimum absolute atomic E-state index is 0.0617. The van der Waals surface area contributed by atoms with Gasteiger partial charge in [0.05, 0.1) is 6.33 Å². The largest absolute Gasteiger partial charge is 0.454 e. The van der Waals surface area contributed by atoms with Crippen molar-refractivity contribution in [3.8, 4) is 23.0 Å². The van der Waals surface area contributed by atoms with Gasteiger partial charge in [-0.05, 0) is 69.0 Å². The Morgan fingerprint density at radius 1 is 0.618 bits per heavy atom. The molecule has 0 saturated carbocycles. The molecular weight excluding hydrogens is 1100 g/mol. The van der Waals surface area contributed by atoms with Gasteiger partial charge in [0.15, 0.2) is 108 Å². The number of ether oxygens (including phenoxy) is 4. The molecule has 0 saturated heterocycles. The van der Waals surface area contributed by atoms with Crippen molar-refractivity contribution >= 4 is 83.5 Å². The number of hydrogen-bond acceptors (Lipinski definition) is 13. The Kier molecular flexibility index (Phi) is 12.9. The summed E-state index contributed by atoms with van der Waals surface area (Å²) in [5, 5.41) is 8.70. The first-order valence-corrected chi connectivity index (χ1v) is 22.2. The van der Waals surface area contributed by atoms with Crippen LogP contribution < -0.4 is 30.2 Å². The lowest BCUT2D eigenvalue weighted by Gasteiger charge is -2.12. The molecule has 6 heterocycles. The molecule has 0 atom stereocenters. The van der Waals surface area contributed by atoms with Crippen LogP contribution in [-0.4, -0.2) is 52.6 Å². The van der Waals surface area contributed by atoms with E-state index in [-0.39, 0.29) is 60.3 Å². The number of aryl methyl sites for hydroxylation is 2. The van der Waals surface area contributed by atoms with Crippen molar-refractivity contribution in [3.63, 3.8) is 0 Å². The van der Waals surface area contributed by atoms with Crippen molar-refractivity contribution in [2.24, 2.45) is 0 Å². The molecule has 28 heteroatoms. The molecule has 0 spiro atoms. The molecule has 0 amide bonds. The second kappa shape index (κ2) is 18.7. The van der Waals surface area contributed by atoms with Crippen molar-refractivity contribution in [1.82, 2.24) is 39.0 Å². The van der Waals surface area contributed by atoms with E-state index < -0.39 is 82.1 Å². The molecule has 0 fully saturated rings. The number of nitrogens with two attached hydrogens (primary N) is 1. The fourth-order valence-electron chi connectivity index (χ4n) is 6.74. The number of halogens is 12. The first kappa shape index (κ1) is 46.8. The molecule has 0 unspecified atom stereocenters. The summed E-state index contributed by atoms with van der Waals surface area (Å²) in [5.74, 6) is -17.7. The van der Waals surface area contributed by atoms with Crippen molar-refractivity contribution in [2.75, 3.05) is 19.3 Å². The summed E-state index contributed by atoms with van der Waals surface area (Å²) in [6.45, 7) is -0.236. The molecule has 4 N–H and O–H groups in total. The molecule has 0 bridgehead atoms. The van der Waals surface area contributed by atoms with E-state index in [0.717, 1.165) is 16.7 Å². The van der Waals surface area contributed by atoms with E-state index >= 15 is 0 Å². The van der Waals surface area contributed by atoms with Gasteiger partial charge >= 0.3 is 0 Å². The Morgan fingerprint density at radius 2 is 1.10 bits per heavy atom. The van der Waals surface area contributed by atoms with Crippen molar-refractivity contribution < 1.29 is 62.9 Å². The topological polar surface area (TPSA) is 177 Å². The zero-order valence-electron chi connectivity index (χ0n) is 33.4. The van der Waals surface area contributed by atoms with Gasteiger partial charge in [0.25, 0.3) is 0 Å². The van der Waals surface area contributed by atoms with Gasteiger partial charge in [-0.3, -0.25) is 5.41 Å². The third kappa shape index (κ3) is 8.61. The Hall–Kier alpha value is -6.26. The number of nitrogens with zero attached hydrogens (tertiary/aromatic N) is 7. The van der Waals surface area contributed by atoms with E-state index in [1.807, 2.05) is 0 Å². The maximum atomic E-state index is 14.2. The lowest BCUT2D eigenvalue weighted by atomic mass is 10.1. The Morgan fingerprint density at radius 3 is 1.65 bits per heavy atom. The van der Waals surface area contributed by atoms with Crippen molar-refractivity contribution in [3.05, 3.63) is 121 Å². The fraction of sp³-hybridized carbons (Fsp3) is 0.150. The molecule has 4 aromatic heterocycles. The van der Waals surface area contributed by atoms with Crippen LogP contribution in [0.3, 0.4) is 0 Å². The molecular formula is C40H22Br2F10N10O4S2. The van der Waals surface area contributed by atoms with Crippen LogP contribution in [0.5, 0.6) is 23.0 Å². The Balaban J connectivity index is 0.000000170. The molecule has 68 heavy (non-hydrogen) atoms. The van der Waals surface area contributed by atoms with E-state index in [9.17, 15) is 43.9 Å². The van der Waals surface area contributed by atoms with Crippen molar-refractivity contribution in [2.45, 2.75) is 46.0 Å². The summed E-state index contributed by atoms with van der Waals surface area (Å²) in [6.07, 6.45) is 1.34. The number of aromatic nitrogens is 8. The van der Waals surface area contributed by atoms with Crippen LogP contribution in [0.2, 0.25) is 0 Å². The van der Waals surface area contributed by atoms with Gasteiger partial charge < -0.3 is 38.8 Å². The molecule has 2 aliphatic rings. The number of anilines is 1. The highest BCUT2D eigenvalue weighted by Gasteiger charge is 2.28. The maximum absolute atomic E-state index is 14.2. The number of aromatic amines is 1. The number of nitrogens with one attached hydrogen (secondary N) is 2. The van der Waals surface area contributed by atoms with Gasteiger partial charge in [0.2, 0.25) is 25.2 Å². The lowest BCUT2D eigenvalue weighted by Crippen LogP contribution is -2.15. The summed E-state index contributed by atoms with van der Waals surface area (Å²) in [6, 6.07) is 6.91. The van der Waals surface area contributed by atoms with Crippen LogP contribution in [0.1, 0.15) is 11.1 Å². The highest BCUT2D eigenvalue weighted by molar-refractivity contribution is 9.10. The molecule has 10 rings (SSSR count). The van der Waals surface area contributed by atoms with Crippen LogP contribution in [-0.2, 0) is 25.9 Å². The monoisotopic (exact) mass is 1120 g/mol. The maximum Gasteiger partial charge on any atom is 0.231 e. The summed E-state index contributed by atoms with van der Waals surface area (Å²) in [5.41, 5.74) is 4.80. The van der Waals surface area contributed by atoms with Gasteiger partial charge in [0, 0.05) is 43.0 Å². The highest BCUT2D eigenvalue weighted by Crippen LogP contribution is 2.44. The van der Waals surface area contributed by atoms with E-state index in [0.29, 0.717) is 47.2 Å². The molecule has 8 aromatic rings. The van der Waals surface area contributed by atoms with Crippen LogP contribution in [0, 0.1) is 63.6 Å². The van der Waals surface area contributed by atoms with E-state index in [1.54, 1.807) is 24.3 Å². The van der Waals surface area contributed by atoms with Crippen LogP contribution in [0.4, 0.5) is 49.7 Å². The predicted octanol–water partition coefficient (Wildman–Crippen LogP) is 9.81. The standard InChI is InChI=1S/2C20H11BrF5N5O2S/c21-8-3-9-10(33-6-32-9)4-11(8)34-20-29-17-18(27)28-5-31(19(17)30-20)2-1-7-12(22)14(24)16(26)15(25)13(7)23;21-8-3-9-10(33-6-32-9)4-11(8)34-20-30-17-18(27)28-5-29-19(17)31(20)2-1-7-12(22)14(24)16(26)15(25)13(7)23/h3-5,27H,1-2,6H2,(H,29,30);3-5H,1-2,6H2,(H2,27,28,29).